The number of amides is 1. The quantitative estimate of drug-likeness (QED) is 0.263. The lowest BCUT2D eigenvalue weighted by molar-refractivity contribution is 0.0210. The van der Waals surface area contributed by atoms with Crippen molar-refractivity contribution in [2.45, 2.75) is 106 Å². The summed E-state index contributed by atoms with van der Waals surface area (Å²) >= 11 is 0. The van der Waals surface area contributed by atoms with Crippen LogP contribution in [0, 0.1) is 5.92 Å². The summed E-state index contributed by atoms with van der Waals surface area (Å²) in [6.07, 6.45) is 11.3. The van der Waals surface area contributed by atoms with Crippen molar-refractivity contribution in [1.82, 2.24) is 10.2 Å². The van der Waals surface area contributed by atoms with Gasteiger partial charge in [0.2, 0.25) is 0 Å². The zero-order valence-electron chi connectivity index (χ0n) is 25.5. The van der Waals surface area contributed by atoms with E-state index >= 15 is 0 Å². The summed E-state index contributed by atoms with van der Waals surface area (Å²) in [6.45, 7) is 6.05. The van der Waals surface area contributed by atoms with Gasteiger partial charge in [-0.15, -0.1) is 0 Å². The molecule has 1 aliphatic carbocycles. The second-order valence-electron chi connectivity index (χ2n) is 13.5. The van der Waals surface area contributed by atoms with E-state index in [1.807, 2.05) is 45.0 Å². The van der Waals surface area contributed by atoms with E-state index in [1.54, 1.807) is 17.0 Å². The summed E-state index contributed by atoms with van der Waals surface area (Å²) in [5, 5.41) is 5.16. The molecule has 1 amide bonds. The first kappa shape index (κ1) is 29.9. The Morgan fingerprint density at radius 2 is 1.63 bits per heavy atom. The van der Waals surface area contributed by atoms with Crippen molar-refractivity contribution in [2.24, 2.45) is 5.92 Å². The number of rotatable bonds is 9. The van der Waals surface area contributed by atoms with Crippen molar-refractivity contribution in [3.05, 3.63) is 90.0 Å². The van der Waals surface area contributed by atoms with Crippen LogP contribution in [0.5, 0.6) is 0 Å². The number of aryl methyl sites for hydroxylation is 1. The molecule has 0 radical (unpaired) electrons. The Balaban J connectivity index is 1.23. The highest BCUT2D eigenvalue weighted by molar-refractivity contribution is 7.92. The van der Waals surface area contributed by atoms with Gasteiger partial charge in [0.1, 0.15) is 10.9 Å². The molecule has 0 aromatic heterocycles. The maximum Gasteiger partial charge on any atom is 0.410 e. The number of nitrogens with zero attached hydrogens (tertiary/aromatic N) is 1. The second-order valence-corrected chi connectivity index (χ2v) is 15.6. The summed E-state index contributed by atoms with van der Waals surface area (Å²) in [4.78, 5) is 15.4. The summed E-state index contributed by atoms with van der Waals surface area (Å²) in [5.74, 6) is 0.747. The monoisotopic (exact) mass is 600 g/mol. The van der Waals surface area contributed by atoms with Gasteiger partial charge in [-0.05, 0) is 105 Å². The fraction of sp³-hybridized carbons (Fsp3) is 0.472. The molecule has 3 aromatic rings. The van der Waals surface area contributed by atoms with Crippen molar-refractivity contribution in [3.8, 4) is 0 Å². The highest BCUT2D eigenvalue weighted by Crippen LogP contribution is 2.44. The van der Waals surface area contributed by atoms with Crippen LogP contribution in [0.2, 0.25) is 0 Å². The van der Waals surface area contributed by atoms with Gasteiger partial charge in [0.25, 0.3) is 0 Å². The van der Waals surface area contributed by atoms with Crippen LogP contribution in [0.15, 0.2) is 83.8 Å². The SMILES string of the molecule is CC(C)(C)OC(=O)N1[C@@H]2CC[C@H]1[C@H](NCc1ccc3ccccc3c1)[C@H]2S(=O)(=O)c1ccc(CC/C=C/C2CCC2)cc1. The van der Waals surface area contributed by atoms with Crippen molar-refractivity contribution >= 4 is 26.7 Å². The average molecular weight is 601 g/mol. The molecule has 2 saturated heterocycles. The highest BCUT2D eigenvalue weighted by Gasteiger charge is 2.60. The van der Waals surface area contributed by atoms with Crippen molar-refractivity contribution in [1.29, 1.82) is 0 Å². The minimum Gasteiger partial charge on any atom is -0.444 e. The highest BCUT2D eigenvalue weighted by atomic mass is 32.2. The van der Waals surface area contributed by atoms with Crippen LogP contribution < -0.4 is 5.32 Å². The lowest BCUT2D eigenvalue weighted by Gasteiger charge is -2.29. The largest absolute Gasteiger partial charge is 0.444 e. The van der Waals surface area contributed by atoms with E-state index in [2.05, 4.69) is 47.8 Å². The van der Waals surface area contributed by atoms with Crippen LogP contribution in [-0.2, 0) is 27.5 Å². The van der Waals surface area contributed by atoms with E-state index in [1.165, 1.54) is 24.6 Å². The molecule has 2 heterocycles. The molecular formula is C36H44N2O4S. The first-order chi connectivity index (χ1) is 20.6. The predicted octanol–water partition coefficient (Wildman–Crippen LogP) is 7.21. The Morgan fingerprint density at radius 3 is 2.33 bits per heavy atom. The molecule has 43 heavy (non-hydrogen) atoms. The number of carbonyl (C=O) groups excluding carboxylic acids is 1. The normalized spacial score (nSPS) is 24.1. The van der Waals surface area contributed by atoms with Crippen molar-refractivity contribution in [3.63, 3.8) is 0 Å². The molecule has 0 spiro atoms. The molecule has 3 aromatic carbocycles. The molecular weight excluding hydrogens is 556 g/mol. The van der Waals surface area contributed by atoms with Crippen LogP contribution in [0.1, 0.15) is 70.4 Å². The molecule has 3 fully saturated rings. The molecule has 2 aliphatic heterocycles. The minimum atomic E-state index is -3.74. The van der Waals surface area contributed by atoms with Crippen molar-refractivity contribution < 1.29 is 17.9 Å². The Morgan fingerprint density at radius 1 is 0.930 bits per heavy atom. The van der Waals surface area contributed by atoms with E-state index in [-0.39, 0.29) is 6.04 Å². The molecule has 6 rings (SSSR count). The van der Waals surface area contributed by atoms with Gasteiger partial charge in [-0.25, -0.2) is 13.2 Å². The summed E-state index contributed by atoms with van der Waals surface area (Å²) < 4.78 is 34.4. The lowest BCUT2D eigenvalue weighted by atomic mass is 9.85. The van der Waals surface area contributed by atoms with Gasteiger partial charge >= 0.3 is 6.09 Å². The first-order valence-corrected chi connectivity index (χ1v) is 17.4. The Labute approximate surface area is 256 Å². The van der Waals surface area contributed by atoms with Crippen LogP contribution in [-0.4, -0.2) is 48.4 Å². The Bertz CT molecular complexity index is 1590. The molecule has 4 atom stereocenters. The third kappa shape index (κ3) is 6.39. The average Bonchev–Trinajstić information content (AvgIpc) is 3.51. The van der Waals surface area contributed by atoms with Crippen LogP contribution in [0.25, 0.3) is 10.8 Å². The smallest absolute Gasteiger partial charge is 0.410 e. The zero-order chi connectivity index (χ0) is 30.2. The van der Waals surface area contributed by atoms with Gasteiger partial charge in [-0.1, -0.05) is 67.1 Å². The van der Waals surface area contributed by atoms with Gasteiger partial charge in [-0.3, -0.25) is 4.90 Å². The molecule has 0 unspecified atom stereocenters. The van der Waals surface area contributed by atoms with E-state index in [4.69, 9.17) is 4.74 Å². The van der Waals surface area contributed by atoms with Crippen LogP contribution >= 0.6 is 0 Å². The zero-order valence-corrected chi connectivity index (χ0v) is 26.4. The van der Waals surface area contributed by atoms with E-state index in [9.17, 15) is 13.2 Å². The molecule has 228 valence electrons. The van der Waals surface area contributed by atoms with E-state index in [0.717, 1.165) is 41.7 Å². The maximum atomic E-state index is 14.3. The van der Waals surface area contributed by atoms with Gasteiger partial charge in [0, 0.05) is 12.6 Å². The number of ether oxygens (including phenoxy) is 1. The van der Waals surface area contributed by atoms with Gasteiger partial charge < -0.3 is 10.1 Å². The second kappa shape index (κ2) is 12.1. The standard InChI is InChI=1S/C36H44N2O4S/c1-36(2,3)42-35(39)38-31-21-22-32(38)34(33(31)37-24-27-15-18-28-13-6-7-14-29(28)23-27)43(40,41)30-19-16-26(17-20-30)10-5-4-9-25-11-8-12-25/h4,6-7,9,13-20,23,25,31-34,37H,5,8,10-12,21-22,24H2,1-3H3/b9-4+/t31-,32+,33-,34-/m0/s1. The fourth-order valence-electron chi connectivity index (χ4n) is 6.99. The molecule has 6 nitrogen and oxygen atoms in total. The molecule has 1 saturated carbocycles. The molecule has 2 bridgehead atoms. The van der Waals surface area contributed by atoms with E-state index in [0.29, 0.717) is 17.9 Å². The molecule has 1 N–H and O–H groups in total. The van der Waals surface area contributed by atoms with Gasteiger partial charge in [0.15, 0.2) is 9.84 Å². The summed E-state index contributed by atoms with van der Waals surface area (Å²) in [7, 11) is -3.74. The number of allylic oxidation sites excluding steroid dienone is 2. The minimum absolute atomic E-state index is 0.248. The number of nitrogens with one attached hydrogen (secondary N) is 1. The predicted molar refractivity (Wildman–Crippen MR) is 172 cm³/mol. The fourth-order valence-corrected chi connectivity index (χ4v) is 9.17. The third-order valence-electron chi connectivity index (χ3n) is 9.35. The third-order valence-corrected chi connectivity index (χ3v) is 11.6. The van der Waals surface area contributed by atoms with Crippen LogP contribution in [0.4, 0.5) is 4.79 Å². The Kier molecular flexibility index (Phi) is 8.40. The number of sulfone groups is 1. The van der Waals surface area contributed by atoms with Crippen molar-refractivity contribution in [2.75, 3.05) is 0 Å². The maximum absolute atomic E-state index is 14.3. The van der Waals surface area contributed by atoms with Gasteiger partial charge in [-0.2, -0.15) is 0 Å². The van der Waals surface area contributed by atoms with Crippen LogP contribution in [0.3, 0.4) is 0 Å². The lowest BCUT2D eigenvalue weighted by Crippen LogP contribution is -2.50. The number of carbonyl (C=O) groups is 1. The molecule has 3 aliphatic rings. The summed E-state index contributed by atoms with van der Waals surface area (Å²) in [6, 6.07) is 20.8. The molecule has 7 heteroatoms. The number of fused-ring (bicyclic) bond motifs is 3. The Hall–Kier alpha value is -3.16. The number of hydrogen-bond acceptors (Lipinski definition) is 5. The van der Waals surface area contributed by atoms with E-state index < -0.39 is 38.9 Å². The number of benzene rings is 3. The summed E-state index contributed by atoms with van der Waals surface area (Å²) in [5.41, 5.74) is 1.55. The van der Waals surface area contributed by atoms with Gasteiger partial charge in [0.05, 0.1) is 17.0 Å². The topological polar surface area (TPSA) is 75.7 Å². The first-order valence-electron chi connectivity index (χ1n) is 15.8. The number of hydrogen-bond donors (Lipinski definition) is 1.